The molecular weight excluding hydrogens is 284 g/mol. The number of nitrogens with zero attached hydrogens (tertiary/aromatic N) is 2. The molecule has 0 heterocycles. The van der Waals surface area contributed by atoms with Crippen molar-refractivity contribution in [2.75, 3.05) is 6.61 Å². The summed E-state index contributed by atoms with van der Waals surface area (Å²) in [6, 6.07) is 4.53. The SMILES string of the molecule is C/C(=N\S(=O)(=O)c1ccc([N+](=O)[O-])cc1)OCC(C)C. The first-order chi connectivity index (χ1) is 9.22. The summed E-state index contributed by atoms with van der Waals surface area (Å²) in [6.45, 7) is 5.67. The molecule has 0 aliphatic heterocycles. The molecule has 8 heteroatoms. The summed E-state index contributed by atoms with van der Waals surface area (Å²) in [7, 11) is -3.91. The van der Waals surface area contributed by atoms with Crippen LogP contribution < -0.4 is 0 Å². The van der Waals surface area contributed by atoms with Gasteiger partial charge in [0.25, 0.3) is 15.7 Å². The van der Waals surface area contributed by atoms with E-state index < -0.39 is 14.9 Å². The molecule has 0 saturated carbocycles. The van der Waals surface area contributed by atoms with Crippen LogP contribution in [0.15, 0.2) is 33.6 Å². The lowest BCUT2D eigenvalue weighted by molar-refractivity contribution is -0.384. The number of hydrogen-bond donors (Lipinski definition) is 0. The highest BCUT2D eigenvalue weighted by Crippen LogP contribution is 2.17. The van der Waals surface area contributed by atoms with Crippen molar-refractivity contribution in [1.82, 2.24) is 0 Å². The molecule has 0 aliphatic carbocycles. The topological polar surface area (TPSA) is 98.9 Å². The van der Waals surface area contributed by atoms with Gasteiger partial charge in [-0.25, -0.2) is 0 Å². The fraction of sp³-hybridized carbons (Fsp3) is 0.417. The smallest absolute Gasteiger partial charge is 0.285 e. The van der Waals surface area contributed by atoms with E-state index in [2.05, 4.69) is 4.40 Å². The zero-order valence-corrected chi connectivity index (χ0v) is 12.3. The number of nitro benzene ring substituents is 1. The molecule has 0 N–H and O–H groups in total. The maximum Gasteiger partial charge on any atom is 0.285 e. The monoisotopic (exact) mass is 300 g/mol. The van der Waals surface area contributed by atoms with Gasteiger partial charge in [0.1, 0.15) is 0 Å². The molecule has 20 heavy (non-hydrogen) atoms. The molecule has 0 bridgehead atoms. The van der Waals surface area contributed by atoms with E-state index in [1.807, 2.05) is 13.8 Å². The Labute approximate surface area is 117 Å². The van der Waals surface area contributed by atoms with E-state index in [1.165, 1.54) is 6.92 Å². The molecule has 0 radical (unpaired) electrons. The Morgan fingerprint density at radius 2 is 1.90 bits per heavy atom. The molecule has 0 saturated heterocycles. The van der Waals surface area contributed by atoms with Gasteiger partial charge < -0.3 is 4.74 Å². The predicted octanol–water partition coefficient (Wildman–Crippen LogP) is 2.37. The zero-order valence-electron chi connectivity index (χ0n) is 11.4. The average molecular weight is 300 g/mol. The van der Waals surface area contributed by atoms with Gasteiger partial charge >= 0.3 is 0 Å². The van der Waals surface area contributed by atoms with Crippen molar-refractivity contribution >= 4 is 21.6 Å². The zero-order chi connectivity index (χ0) is 15.3. The molecule has 1 aromatic carbocycles. The summed E-state index contributed by atoms with van der Waals surface area (Å²) in [4.78, 5) is 9.78. The van der Waals surface area contributed by atoms with E-state index in [9.17, 15) is 18.5 Å². The van der Waals surface area contributed by atoms with Crippen LogP contribution in [0.1, 0.15) is 20.8 Å². The molecule has 0 atom stereocenters. The van der Waals surface area contributed by atoms with Crippen LogP contribution >= 0.6 is 0 Å². The van der Waals surface area contributed by atoms with E-state index in [1.54, 1.807) is 0 Å². The largest absolute Gasteiger partial charge is 0.480 e. The first-order valence-electron chi connectivity index (χ1n) is 5.91. The van der Waals surface area contributed by atoms with Crippen LogP contribution in [0, 0.1) is 16.0 Å². The van der Waals surface area contributed by atoms with Gasteiger partial charge in [0.05, 0.1) is 16.4 Å². The summed E-state index contributed by atoms with van der Waals surface area (Å²) in [5.41, 5.74) is -0.180. The third-order valence-electron chi connectivity index (χ3n) is 2.22. The van der Waals surface area contributed by atoms with Crippen molar-refractivity contribution in [2.45, 2.75) is 25.7 Å². The molecule has 0 aromatic heterocycles. The van der Waals surface area contributed by atoms with Crippen LogP contribution in [0.3, 0.4) is 0 Å². The van der Waals surface area contributed by atoms with Crippen LogP contribution in [0.2, 0.25) is 0 Å². The second-order valence-corrected chi connectivity index (χ2v) is 6.15. The fourth-order valence-electron chi connectivity index (χ4n) is 1.28. The third kappa shape index (κ3) is 4.61. The Kier molecular flexibility index (Phi) is 5.20. The standard InChI is InChI=1S/C12H16N2O5S/c1-9(2)8-19-10(3)13-20(17,18)12-6-4-11(5-7-12)14(15)16/h4-7,9H,8H2,1-3H3/b13-10+. The molecule has 0 amide bonds. The molecule has 7 nitrogen and oxygen atoms in total. The first-order valence-corrected chi connectivity index (χ1v) is 7.35. The lowest BCUT2D eigenvalue weighted by Gasteiger charge is -2.07. The van der Waals surface area contributed by atoms with Gasteiger partial charge in [0.15, 0.2) is 5.90 Å². The van der Waals surface area contributed by atoms with E-state index in [4.69, 9.17) is 4.74 Å². The second-order valence-electron chi connectivity index (χ2n) is 4.54. The van der Waals surface area contributed by atoms with Gasteiger partial charge in [-0.3, -0.25) is 10.1 Å². The van der Waals surface area contributed by atoms with Crippen LogP contribution in [0.4, 0.5) is 5.69 Å². The number of benzene rings is 1. The highest BCUT2D eigenvalue weighted by Gasteiger charge is 2.15. The highest BCUT2D eigenvalue weighted by molar-refractivity contribution is 7.90. The molecule has 0 unspecified atom stereocenters. The van der Waals surface area contributed by atoms with Crippen molar-refractivity contribution in [2.24, 2.45) is 10.3 Å². The average Bonchev–Trinajstić information content (AvgIpc) is 2.36. The fourth-order valence-corrected chi connectivity index (χ4v) is 2.25. The molecule has 0 fully saturated rings. The van der Waals surface area contributed by atoms with E-state index in [-0.39, 0.29) is 22.4 Å². The minimum atomic E-state index is -3.91. The lowest BCUT2D eigenvalue weighted by atomic mass is 10.2. The van der Waals surface area contributed by atoms with Gasteiger partial charge in [-0.2, -0.15) is 8.42 Å². The normalized spacial score (nSPS) is 12.5. The van der Waals surface area contributed by atoms with E-state index in [0.717, 1.165) is 24.3 Å². The Bertz CT molecular complexity index is 605. The predicted molar refractivity (Wildman–Crippen MR) is 74.2 cm³/mol. The molecular formula is C12H16N2O5S. The van der Waals surface area contributed by atoms with Crippen LogP contribution in [-0.4, -0.2) is 25.8 Å². The molecule has 110 valence electrons. The minimum absolute atomic E-state index is 0.0389. The lowest BCUT2D eigenvalue weighted by Crippen LogP contribution is -2.09. The number of ether oxygens (including phenoxy) is 1. The second kappa shape index (κ2) is 6.47. The van der Waals surface area contributed by atoms with Crippen molar-refractivity contribution < 1.29 is 18.1 Å². The van der Waals surface area contributed by atoms with Crippen molar-refractivity contribution in [3.8, 4) is 0 Å². The van der Waals surface area contributed by atoms with Crippen molar-refractivity contribution in [3.63, 3.8) is 0 Å². The number of rotatable bonds is 5. The minimum Gasteiger partial charge on any atom is -0.480 e. The van der Waals surface area contributed by atoms with Crippen LogP contribution in [-0.2, 0) is 14.8 Å². The molecule has 1 rings (SSSR count). The summed E-state index contributed by atoms with van der Waals surface area (Å²) in [6.07, 6.45) is 0. The highest BCUT2D eigenvalue weighted by atomic mass is 32.2. The van der Waals surface area contributed by atoms with E-state index in [0.29, 0.717) is 6.61 Å². The van der Waals surface area contributed by atoms with Crippen molar-refractivity contribution in [1.29, 1.82) is 0 Å². The molecule has 0 aliphatic rings. The van der Waals surface area contributed by atoms with Crippen molar-refractivity contribution in [3.05, 3.63) is 34.4 Å². The summed E-state index contributed by atoms with van der Waals surface area (Å²) in [5, 5.41) is 10.5. The maximum atomic E-state index is 11.9. The maximum absolute atomic E-state index is 11.9. The Morgan fingerprint density at radius 3 is 2.35 bits per heavy atom. The Balaban J connectivity index is 2.93. The van der Waals surface area contributed by atoms with Gasteiger partial charge in [-0.1, -0.05) is 13.8 Å². The number of sulfonamides is 1. The van der Waals surface area contributed by atoms with Gasteiger partial charge in [-0.15, -0.1) is 4.40 Å². The Morgan fingerprint density at radius 1 is 1.35 bits per heavy atom. The molecule has 1 aromatic rings. The van der Waals surface area contributed by atoms with Crippen LogP contribution in [0.25, 0.3) is 0 Å². The number of nitro groups is 1. The third-order valence-corrected chi connectivity index (χ3v) is 3.59. The number of hydrogen-bond acceptors (Lipinski definition) is 5. The van der Waals surface area contributed by atoms with Crippen LogP contribution in [0.5, 0.6) is 0 Å². The quantitative estimate of drug-likeness (QED) is 0.360. The Hall–Kier alpha value is -1.96. The van der Waals surface area contributed by atoms with E-state index >= 15 is 0 Å². The molecule has 0 spiro atoms. The number of non-ortho nitro benzene ring substituents is 1. The summed E-state index contributed by atoms with van der Waals surface area (Å²) >= 11 is 0. The van der Waals surface area contributed by atoms with Gasteiger partial charge in [0, 0.05) is 19.1 Å². The first kappa shape index (κ1) is 16.1. The summed E-state index contributed by atoms with van der Waals surface area (Å²) < 4.78 is 32.6. The van der Waals surface area contributed by atoms with Gasteiger partial charge in [-0.05, 0) is 18.1 Å². The van der Waals surface area contributed by atoms with Gasteiger partial charge in [0.2, 0.25) is 0 Å². The summed E-state index contributed by atoms with van der Waals surface area (Å²) in [5.74, 6) is 0.291.